The van der Waals surface area contributed by atoms with E-state index in [1.165, 1.54) is 12.8 Å². The summed E-state index contributed by atoms with van der Waals surface area (Å²) in [7, 11) is 0. The summed E-state index contributed by atoms with van der Waals surface area (Å²) in [5.41, 5.74) is 0.952. The van der Waals surface area contributed by atoms with Crippen LogP contribution < -0.4 is 10.2 Å². The Morgan fingerprint density at radius 1 is 1.18 bits per heavy atom. The largest absolute Gasteiger partial charge is 0.355 e. The van der Waals surface area contributed by atoms with Crippen molar-refractivity contribution < 1.29 is 4.79 Å². The van der Waals surface area contributed by atoms with Gasteiger partial charge in [0, 0.05) is 17.6 Å². The number of carbonyl (C=O) groups excluding carboxylic acids is 1. The quantitative estimate of drug-likeness (QED) is 0.910. The van der Waals surface area contributed by atoms with E-state index >= 15 is 0 Å². The van der Waals surface area contributed by atoms with Gasteiger partial charge in [-0.2, -0.15) is 0 Å². The van der Waals surface area contributed by atoms with Gasteiger partial charge in [-0.3, -0.25) is 4.79 Å². The Kier molecular flexibility index (Phi) is 4.68. The van der Waals surface area contributed by atoms with Crippen LogP contribution in [0.25, 0.3) is 0 Å². The molecule has 0 aliphatic carbocycles. The summed E-state index contributed by atoms with van der Waals surface area (Å²) in [6.45, 7) is 2.06. The van der Waals surface area contributed by atoms with Crippen LogP contribution in [0.15, 0.2) is 40.9 Å². The molecule has 1 aromatic carbocycles. The summed E-state index contributed by atoms with van der Waals surface area (Å²) in [5.74, 6) is 1.27. The Balaban J connectivity index is 1.59. The molecule has 0 saturated carbocycles. The van der Waals surface area contributed by atoms with Crippen LogP contribution in [0.4, 0.5) is 11.6 Å². The molecule has 0 spiro atoms. The van der Waals surface area contributed by atoms with Crippen molar-refractivity contribution in [2.45, 2.75) is 19.3 Å². The van der Waals surface area contributed by atoms with Crippen molar-refractivity contribution in [2.24, 2.45) is 0 Å². The lowest BCUT2D eigenvalue weighted by Gasteiger charge is -2.15. The third-order valence-electron chi connectivity index (χ3n) is 3.60. The molecule has 2 heterocycles. The zero-order chi connectivity index (χ0) is 15.4. The van der Waals surface area contributed by atoms with E-state index in [1.54, 1.807) is 6.07 Å². The number of hydrogen-bond acceptors (Lipinski definition) is 4. The van der Waals surface area contributed by atoms with E-state index in [-0.39, 0.29) is 5.91 Å². The Labute approximate surface area is 137 Å². The average molecular weight is 361 g/mol. The van der Waals surface area contributed by atoms with Crippen LogP contribution in [-0.4, -0.2) is 29.2 Å². The molecule has 1 aromatic heterocycles. The molecule has 1 aliphatic rings. The van der Waals surface area contributed by atoms with Gasteiger partial charge in [0.2, 0.25) is 5.91 Å². The second-order valence-corrected chi connectivity index (χ2v) is 6.24. The number of rotatable bonds is 4. The monoisotopic (exact) mass is 360 g/mol. The van der Waals surface area contributed by atoms with Crippen LogP contribution in [0.5, 0.6) is 0 Å². The molecule has 0 atom stereocenters. The van der Waals surface area contributed by atoms with E-state index in [9.17, 15) is 4.79 Å². The number of hydrogen-bond donors (Lipinski definition) is 1. The van der Waals surface area contributed by atoms with E-state index in [4.69, 9.17) is 0 Å². The predicted octanol–water partition coefficient (Wildman–Crippen LogP) is 3.02. The van der Waals surface area contributed by atoms with Crippen LogP contribution in [-0.2, 0) is 11.2 Å². The van der Waals surface area contributed by atoms with Crippen LogP contribution in [0.3, 0.4) is 0 Å². The standard InChI is InChI=1S/C16H17BrN4O/c17-13-5-3-4-12(10-13)11-16(22)18-14-6-7-15(20-19-14)21-8-1-2-9-21/h3-7,10H,1-2,8-9,11H2,(H,18,19,22). The molecule has 0 bridgehead atoms. The number of nitrogens with zero attached hydrogens (tertiary/aromatic N) is 3. The highest BCUT2D eigenvalue weighted by Crippen LogP contribution is 2.18. The average Bonchev–Trinajstić information content (AvgIpc) is 3.02. The van der Waals surface area contributed by atoms with Crippen molar-refractivity contribution >= 4 is 33.5 Å². The number of anilines is 2. The molecule has 1 N–H and O–H groups in total. The topological polar surface area (TPSA) is 58.1 Å². The van der Waals surface area contributed by atoms with E-state index in [2.05, 4.69) is 36.3 Å². The fraction of sp³-hybridized carbons (Fsp3) is 0.312. The number of amides is 1. The number of benzene rings is 1. The van der Waals surface area contributed by atoms with Gasteiger partial charge < -0.3 is 10.2 Å². The highest BCUT2D eigenvalue weighted by molar-refractivity contribution is 9.10. The lowest BCUT2D eigenvalue weighted by molar-refractivity contribution is -0.115. The van der Waals surface area contributed by atoms with Crippen molar-refractivity contribution in [1.29, 1.82) is 0 Å². The maximum Gasteiger partial charge on any atom is 0.229 e. The van der Waals surface area contributed by atoms with Crippen LogP contribution in [0.1, 0.15) is 18.4 Å². The molecular weight excluding hydrogens is 344 g/mol. The molecule has 0 unspecified atom stereocenters. The normalized spacial score (nSPS) is 14.1. The van der Waals surface area contributed by atoms with Crippen LogP contribution in [0.2, 0.25) is 0 Å². The molecule has 0 radical (unpaired) electrons. The first-order valence-electron chi connectivity index (χ1n) is 7.34. The van der Waals surface area contributed by atoms with Crippen molar-refractivity contribution in [3.8, 4) is 0 Å². The first kappa shape index (κ1) is 15.0. The smallest absolute Gasteiger partial charge is 0.229 e. The van der Waals surface area contributed by atoms with Crippen LogP contribution in [0, 0.1) is 0 Å². The Bertz CT molecular complexity index is 653. The molecule has 1 amide bonds. The lowest BCUT2D eigenvalue weighted by Crippen LogP contribution is -2.20. The van der Waals surface area contributed by atoms with Gasteiger partial charge in [-0.25, -0.2) is 0 Å². The van der Waals surface area contributed by atoms with Crippen molar-refractivity contribution in [3.05, 3.63) is 46.4 Å². The molecule has 6 heteroatoms. The first-order chi connectivity index (χ1) is 10.7. The Morgan fingerprint density at radius 3 is 2.68 bits per heavy atom. The maximum atomic E-state index is 12.0. The maximum absolute atomic E-state index is 12.0. The van der Waals surface area contributed by atoms with Gasteiger partial charge in [-0.15, -0.1) is 10.2 Å². The van der Waals surface area contributed by atoms with E-state index in [0.29, 0.717) is 12.2 Å². The number of halogens is 1. The third kappa shape index (κ3) is 3.82. The minimum Gasteiger partial charge on any atom is -0.355 e. The fourth-order valence-electron chi connectivity index (χ4n) is 2.53. The summed E-state index contributed by atoms with van der Waals surface area (Å²) >= 11 is 3.40. The zero-order valence-electron chi connectivity index (χ0n) is 12.1. The molecule has 1 aliphatic heterocycles. The third-order valence-corrected chi connectivity index (χ3v) is 4.09. The van der Waals surface area contributed by atoms with Gasteiger partial charge >= 0.3 is 0 Å². The van der Waals surface area contributed by atoms with Gasteiger partial charge in [0.15, 0.2) is 11.6 Å². The highest BCUT2D eigenvalue weighted by Gasteiger charge is 2.14. The van der Waals surface area contributed by atoms with E-state index in [1.807, 2.05) is 30.3 Å². The van der Waals surface area contributed by atoms with E-state index in [0.717, 1.165) is 28.9 Å². The first-order valence-corrected chi connectivity index (χ1v) is 8.13. The molecule has 5 nitrogen and oxygen atoms in total. The summed E-state index contributed by atoms with van der Waals surface area (Å²) in [6, 6.07) is 11.4. The van der Waals surface area contributed by atoms with Gasteiger partial charge in [0.1, 0.15) is 0 Å². The second-order valence-electron chi connectivity index (χ2n) is 5.33. The van der Waals surface area contributed by atoms with Crippen molar-refractivity contribution in [1.82, 2.24) is 10.2 Å². The van der Waals surface area contributed by atoms with E-state index < -0.39 is 0 Å². The molecule has 114 valence electrons. The lowest BCUT2D eigenvalue weighted by atomic mass is 10.1. The zero-order valence-corrected chi connectivity index (χ0v) is 13.7. The SMILES string of the molecule is O=C(Cc1cccc(Br)c1)Nc1ccc(N2CCCC2)nn1. The molecule has 2 aromatic rings. The number of nitrogens with one attached hydrogen (secondary N) is 1. The predicted molar refractivity (Wildman–Crippen MR) is 90.0 cm³/mol. The molecular formula is C16H17BrN4O. The fourth-order valence-corrected chi connectivity index (χ4v) is 2.97. The van der Waals surface area contributed by atoms with Gasteiger partial charge in [-0.1, -0.05) is 28.1 Å². The molecule has 3 rings (SSSR count). The number of carbonyl (C=O) groups is 1. The van der Waals surface area contributed by atoms with Crippen molar-refractivity contribution in [2.75, 3.05) is 23.3 Å². The summed E-state index contributed by atoms with van der Waals surface area (Å²) in [4.78, 5) is 14.2. The molecule has 1 saturated heterocycles. The Morgan fingerprint density at radius 2 is 2.00 bits per heavy atom. The molecule has 22 heavy (non-hydrogen) atoms. The summed E-state index contributed by atoms with van der Waals surface area (Å²) in [6.07, 6.45) is 2.72. The van der Waals surface area contributed by atoms with Gasteiger partial charge in [0.05, 0.1) is 6.42 Å². The highest BCUT2D eigenvalue weighted by atomic mass is 79.9. The van der Waals surface area contributed by atoms with Crippen molar-refractivity contribution in [3.63, 3.8) is 0 Å². The van der Waals surface area contributed by atoms with Crippen LogP contribution >= 0.6 is 15.9 Å². The van der Waals surface area contributed by atoms with Gasteiger partial charge in [0.25, 0.3) is 0 Å². The molecule has 1 fully saturated rings. The second kappa shape index (κ2) is 6.87. The summed E-state index contributed by atoms with van der Waals surface area (Å²) in [5, 5.41) is 11.1. The van der Waals surface area contributed by atoms with Gasteiger partial charge in [-0.05, 0) is 42.7 Å². The number of aromatic nitrogens is 2. The Hall–Kier alpha value is -1.95. The minimum atomic E-state index is -0.0960. The minimum absolute atomic E-state index is 0.0960. The summed E-state index contributed by atoms with van der Waals surface area (Å²) < 4.78 is 0.965.